The highest BCUT2D eigenvalue weighted by atomic mass is 16.5. The molecule has 0 aliphatic carbocycles. The van der Waals surface area contributed by atoms with Crippen molar-refractivity contribution in [2.75, 3.05) is 0 Å². The number of rotatable bonds is 2. The molecule has 0 saturated carbocycles. The van der Waals surface area contributed by atoms with Crippen molar-refractivity contribution in [1.29, 1.82) is 0 Å². The molecule has 0 fully saturated rings. The van der Waals surface area contributed by atoms with Gasteiger partial charge in [-0.05, 0) is 23.8 Å². The van der Waals surface area contributed by atoms with E-state index in [4.69, 9.17) is 5.11 Å². The third kappa shape index (κ3) is 2.99. The number of ether oxygens (including phenoxy) is 1. The zero-order valence-corrected chi connectivity index (χ0v) is 6.93. The van der Waals surface area contributed by atoms with E-state index >= 15 is 0 Å². The van der Waals surface area contributed by atoms with Crippen LogP contribution in [0.25, 0.3) is 6.08 Å². The Bertz CT molecular complexity index is 311. The molecule has 1 aromatic rings. The van der Waals surface area contributed by atoms with E-state index in [-0.39, 0.29) is 5.75 Å². The Morgan fingerprint density at radius 1 is 1.38 bits per heavy atom. The van der Waals surface area contributed by atoms with E-state index < -0.39 is 5.97 Å². The fraction of sp³-hybridized carbons (Fsp3) is 0. The lowest BCUT2D eigenvalue weighted by atomic mass is 10.2. The molecule has 0 unspecified atom stereocenters. The van der Waals surface area contributed by atoms with Crippen molar-refractivity contribution >= 4 is 12.0 Å². The molecule has 0 amide bonds. The van der Waals surface area contributed by atoms with Crippen molar-refractivity contribution < 1.29 is 14.6 Å². The van der Waals surface area contributed by atoms with Crippen molar-refractivity contribution in [2.45, 2.75) is 0 Å². The summed E-state index contributed by atoms with van der Waals surface area (Å²) >= 11 is 0. The predicted molar refractivity (Wildman–Crippen MR) is 48.6 cm³/mol. The lowest BCUT2D eigenvalue weighted by Crippen LogP contribution is -1.91. The second-order valence-electron chi connectivity index (χ2n) is 2.39. The largest absolute Gasteiger partial charge is 0.508 e. The van der Waals surface area contributed by atoms with E-state index in [2.05, 4.69) is 11.8 Å². The van der Waals surface area contributed by atoms with E-state index in [0.29, 0.717) is 0 Å². The highest BCUT2D eigenvalue weighted by molar-refractivity contribution is 5.87. The molecule has 67 valence electrons. The van der Waals surface area contributed by atoms with E-state index in [9.17, 15) is 4.79 Å². The molecule has 0 saturated heterocycles. The summed E-state index contributed by atoms with van der Waals surface area (Å²) in [6.07, 6.45) is 2.84. The zero-order valence-electron chi connectivity index (χ0n) is 6.93. The molecule has 1 rings (SSSR count). The van der Waals surface area contributed by atoms with Gasteiger partial charge in [0.1, 0.15) is 12.9 Å². The lowest BCUT2D eigenvalue weighted by Gasteiger charge is -1.93. The number of carbonyl (C=O) groups excluding carboxylic acids is 1. The quantitative estimate of drug-likeness (QED) is 0.552. The van der Waals surface area contributed by atoms with Crippen LogP contribution in [0.15, 0.2) is 30.3 Å². The van der Waals surface area contributed by atoms with Gasteiger partial charge in [0, 0.05) is 6.08 Å². The number of carbonyl (C=O) groups is 1. The number of phenols is 1. The van der Waals surface area contributed by atoms with Crippen LogP contribution in [0.3, 0.4) is 0 Å². The van der Waals surface area contributed by atoms with E-state index in [1.807, 2.05) is 0 Å². The van der Waals surface area contributed by atoms with Gasteiger partial charge in [-0.3, -0.25) is 0 Å². The molecule has 1 N–H and O–H groups in total. The molecule has 1 aromatic carbocycles. The van der Waals surface area contributed by atoms with Crippen LogP contribution in [0, 0.1) is 7.11 Å². The predicted octanol–water partition coefficient (Wildman–Crippen LogP) is 1.74. The highest BCUT2D eigenvalue weighted by Crippen LogP contribution is 2.10. The van der Waals surface area contributed by atoms with Gasteiger partial charge < -0.3 is 9.84 Å². The molecule has 0 aliphatic rings. The molecule has 0 atom stereocenters. The van der Waals surface area contributed by atoms with Gasteiger partial charge in [0.05, 0.1) is 0 Å². The van der Waals surface area contributed by atoms with Crippen LogP contribution in [0.5, 0.6) is 5.75 Å². The molecule has 13 heavy (non-hydrogen) atoms. The molecular weight excluding hydrogens is 168 g/mol. The standard InChI is InChI=1S/C10H9O3/c1-13-10(12)7-4-8-2-5-9(11)6-3-8/h2-7,11H,1H2/b7-4+. The molecule has 3 heteroatoms. The summed E-state index contributed by atoms with van der Waals surface area (Å²) in [7, 11) is 2.97. The normalized spacial score (nSPS) is 10.2. The molecule has 0 aromatic heterocycles. The van der Waals surface area contributed by atoms with Gasteiger partial charge in [-0.2, -0.15) is 0 Å². The van der Waals surface area contributed by atoms with E-state index in [1.165, 1.54) is 18.2 Å². The summed E-state index contributed by atoms with van der Waals surface area (Å²) in [5.74, 6) is -0.315. The van der Waals surface area contributed by atoms with Gasteiger partial charge >= 0.3 is 5.97 Å². The van der Waals surface area contributed by atoms with Crippen LogP contribution >= 0.6 is 0 Å². The van der Waals surface area contributed by atoms with Crippen LogP contribution in [0.2, 0.25) is 0 Å². The molecular formula is C10H9O3. The fourth-order valence-corrected chi connectivity index (χ4v) is 0.798. The maximum atomic E-state index is 10.6. The summed E-state index contributed by atoms with van der Waals surface area (Å²) < 4.78 is 4.17. The van der Waals surface area contributed by atoms with E-state index in [1.54, 1.807) is 18.2 Å². The zero-order chi connectivity index (χ0) is 9.68. The first-order valence-corrected chi connectivity index (χ1v) is 3.65. The summed E-state index contributed by atoms with van der Waals surface area (Å²) in [4.78, 5) is 10.6. The van der Waals surface area contributed by atoms with Gasteiger partial charge in [0.25, 0.3) is 0 Å². The second-order valence-corrected chi connectivity index (χ2v) is 2.39. The van der Waals surface area contributed by atoms with Crippen molar-refractivity contribution in [3.8, 4) is 5.75 Å². The minimum absolute atomic E-state index is 0.192. The monoisotopic (exact) mass is 177 g/mol. The number of hydrogen-bond donors (Lipinski definition) is 1. The van der Waals surface area contributed by atoms with Crippen molar-refractivity contribution in [1.82, 2.24) is 0 Å². The number of phenolic OH excluding ortho intramolecular Hbond substituents is 1. The van der Waals surface area contributed by atoms with Crippen molar-refractivity contribution in [3.05, 3.63) is 43.0 Å². The van der Waals surface area contributed by atoms with Crippen LogP contribution < -0.4 is 0 Å². The number of aromatic hydroxyl groups is 1. The number of hydrogen-bond acceptors (Lipinski definition) is 3. The highest BCUT2D eigenvalue weighted by Gasteiger charge is 1.91. The maximum absolute atomic E-state index is 10.6. The number of esters is 1. The summed E-state index contributed by atoms with van der Waals surface area (Å²) in [5.41, 5.74) is 0.809. The first-order chi connectivity index (χ1) is 6.22. The third-order valence-corrected chi connectivity index (χ3v) is 1.45. The molecule has 1 radical (unpaired) electrons. The molecule has 3 nitrogen and oxygen atoms in total. The molecule has 0 spiro atoms. The Kier molecular flexibility index (Phi) is 3.09. The van der Waals surface area contributed by atoms with E-state index in [0.717, 1.165) is 5.56 Å². The summed E-state index contributed by atoms with van der Waals surface area (Å²) in [6, 6.07) is 6.44. The summed E-state index contributed by atoms with van der Waals surface area (Å²) in [5, 5.41) is 8.95. The Morgan fingerprint density at radius 3 is 2.54 bits per heavy atom. The Balaban J connectivity index is 2.69. The first kappa shape index (κ1) is 9.32. The Hall–Kier alpha value is -1.77. The lowest BCUT2D eigenvalue weighted by molar-refractivity contribution is -0.132. The number of benzene rings is 1. The average Bonchev–Trinajstić information content (AvgIpc) is 2.16. The third-order valence-electron chi connectivity index (χ3n) is 1.45. The van der Waals surface area contributed by atoms with Gasteiger partial charge in [-0.1, -0.05) is 12.1 Å². The minimum Gasteiger partial charge on any atom is -0.508 e. The van der Waals surface area contributed by atoms with Gasteiger partial charge in [0.15, 0.2) is 0 Å². The van der Waals surface area contributed by atoms with Gasteiger partial charge in [-0.25, -0.2) is 4.79 Å². The molecule has 0 bridgehead atoms. The molecule has 0 heterocycles. The van der Waals surface area contributed by atoms with Crippen LogP contribution in [0.1, 0.15) is 5.56 Å². The fourth-order valence-electron chi connectivity index (χ4n) is 0.798. The Morgan fingerprint density at radius 2 is 2.00 bits per heavy atom. The first-order valence-electron chi connectivity index (χ1n) is 3.65. The molecule has 0 aliphatic heterocycles. The van der Waals surface area contributed by atoms with Gasteiger partial charge in [-0.15, -0.1) is 0 Å². The minimum atomic E-state index is -0.506. The SMILES string of the molecule is [CH2]OC(=O)/C=C/c1ccc(O)cc1. The van der Waals surface area contributed by atoms with Crippen LogP contribution in [-0.2, 0) is 9.53 Å². The smallest absolute Gasteiger partial charge is 0.330 e. The van der Waals surface area contributed by atoms with Gasteiger partial charge in [0.2, 0.25) is 0 Å². The van der Waals surface area contributed by atoms with Crippen LogP contribution in [-0.4, -0.2) is 11.1 Å². The average molecular weight is 177 g/mol. The Labute approximate surface area is 76.3 Å². The topological polar surface area (TPSA) is 46.5 Å². The second kappa shape index (κ2) is 4.30. The van der Waals surface area contributed by atoms with Crippen LogP contribution in [0.4, 0.5) is 0 Å². The maximum Gasteiger partial charge on any atom is 0.330 e. The van der Waals surface area contributed by atoms with Crippen molar-refractivity contribution in [3.63, 3.8) is 0 Å². The summed E-state index contributed by atoms with van der Waals surface area (Å²) in [6.45, 7) is 0. The van der Waals surface area contributed by atoms with Crippen molar-refractivity contribution in [2.24, 2.45) is 0 Å².